The molecule has 0 aliphatic heterocycles. The van der Waals surface area contributed by atoms with Crippen molar-refractivity contribution in [2.45, 2.75) is 13.0 Å². The molecule has 0 aliphatic rings. The van der Waals surface area contributed by atoms with Crippen molar-refractivity contribution in [2.24, 2.45) is 0 Å². The van der Waals surface area contributed by atoms with E-state index in [1.165, 1.54) is 4.90 Å². The standard InChI is InChI=1S/C23H22N2O3/c1-25(20-10-6-3-7-11-20)23(27)16-22(26)24-19-12-14-21(15-13-19)28-17-18-8-4-2-5-9-18/h2-15H,16-17H2,1H3,(H,24,26). The number of para-hydroxylation sites is 1. The second-order valence-electron chi connectivity index (χ2n) is 6.31. The average Bonchev–Trinajstić information content (AvgIpc) is 2.74. The number of amides is 2. The van der Waals surface area contributed by atoms with E-state index in [0.29, 0.717) is 18.0 Å². The van der Waals surface area contributed by atoms with Gasteiger partial charge < -0.3 is 15.0 Å². The summed E-state index contributed by atoms with van der Waals surface area (Å²) in [4.78, 5) is 25.9. The molecule has 142 valence electrons. The molecule has 1 N–H and O–H groups in total. The van der Waals surface area contributed by atoms with Gasteiger partial charge >= 0.3 is 0 Å². The van der Waals surface area contributed by atoms with Gasteiger partial charge in [-0.3, -0.25) is 9.59 Å². The zero-order valence-corrected chi connectivity index (χ0v) is 15.7. The molecule has 3 rings (SSSR count). The van der Waals surface area contributed by atoms with Gasteiger partial charge in [0.05, 0.1) is 0 Å². The van der Waals surface area contributed by atoms with Gasteiger partial charge in [0.1, 0.15) is 18.8 Å². The fraction of sp³-hybridized carbons (Fsp3) is 0.130. The molecule has 0 heterocycles. The maximum atomic E-state index is 12.3. The van der Waals surface area contributed by atoms with Crippen LogP contribution < -0.4 is 15.0 Å². The zero-order valence-electron chi connectivity index (χ0n) is 15.7. The van der Waals surface area contributed by atoms with Crippen LogP contribution >= 0.6 is 0 Å². The van der Waals surface area contributed by atoms with Crippen molar-refractivity contribution >= 4 is 23.2 Å². The Morgan fingerprint density at radius 1 is 0.857 bits per heavy atom. The molecule has 5 nitrogen and oxygen atoms in total. The van der Waals surface area contributed by atoms with E-state index in [2.05, 4.69) is 5.32 Å². The summed E-state index contributed by atoms with van der Waals surface area (Å²) in [5, 5.41) is 2.74. The van der Waals surface area contributed by atoms with Crippen LogP contribution in [0.15, 0.2) is 84.9 Å². The van der Waals surface area contributed by atoms with Crippen LogP contribution in [0, 0.1) is 0 Å². The van der Waals surface area contributed by atoms with Gasteiger partial charge in [-0.25, -0.2) is 0 Å². The van der Waals surface area contributed by atoms with E-state index >= 15 is 0 Å². The summed E-state index contributed by atoms with van der Waals surface area (Å²) in [6, 6.07) is 26.2. The monoisotopic (exact) mass is 374 g/mol. The van der Waals surface area contributed by atoms with E-state index in [1.54, 1.807) is 31.3 Å². The Kier molecular flexibility index (Phi) is 6.41. The first-order chi connectivity index (χ1) is 13.6. The lowest BCUT2D eigenvalue weighted by Crippen LogP contribution is -2.30. The summed E-state index contributed by atoms with van der Waals surface area (Å²) in [5.74, 6) is 0.0824. The third-order valence-corrected chi connectivity index (χ3v) is 4.22. The number of ether oxygens (including phenoxy) is 1. The van der Waals surface area contributed by atoms with E-state index in [4.69, 9.17) is 4.74 Å². The second-order valence-corrected chi connectivity index (χ2v) is 6.31. The molecule has 0 saturated carbocycles. The molecule has 0 unspecified atom stereocenters. The van der Waals surface area contributed by atoms with Crippen molar-refractivity contribution in [1.82, 2.24) is 0 Å². The molecule has 0 fully saturated rings. The van der Waals surface area contributed by atoms with Gasteiger partial charge in [-0.2, -0.15) is 0 Å². The number of carbonyl (C=O) groups is 2. The number of carbonyl (C=O) groups excluding carboxylic acids is 2. The molecule has 0 bridgehead atoms. The van der Waals surface area contributed by atoms with Crippen LogP contribution in [-0.4, -0.2) is 18.9 Å². The maximum Gasteiger partial charge on any atom is 0.236 e. The zero-order chi connectivity index (χ0) is 19.8. The summed E-state index contributed by atoms with van der Waals surface area (Å²) in [6.45, 7) is 0.479. The Balaban J connectivity index is 1.49. The highest BCUT2D eigenvalue weighted by molar-refractivity contribution is 6.08. The van der Waals surface area contributed by atoms with E-state index in [-0.39, 0.29) is 18.2 Å². The molecule has 28 heavy (non-hydrogen) atoms. The lowest BCUT2D eigenvalue weighted by Gasteiger charge is -2.17. The third-order valence-electron chi connectivity index (χ3n) is 4.22. The number of benzene rings is 3. The first kappa shape index (κ1) is 19.2. The summed E-state index contributed by atoms with van der Waals surface area (Å²) in [5.41, 5.74) is 2.45. The summed E-state index contributed by atoms with van der Waals surface area (Å²) in [6.07, 6.45) is -0.225. The van der Waals surface area contributed by atoms with Crippen LogP contribution in [0.3, 0.4) is 0 Å². The van der Waals surface area contributed by atoms with E-state index in [1.807, 2.05) is 60.7 Å². The van der Waals surface area contributed by atoms with Crippen LogP contribution in [-0.2, 0) is 16.2 Å². The molecule has 3 aromatic carbocycles. The van der Waals surface area contributed by atoms with Gasteiger partial charge in [-0.1, -0.05) is 48.5 Å². The topological polar surface area (TPSA) is 58.6 Å². The number of hydrogen-bond donors (Lipinski definition) is 1. The molecular weight excluding hydrogens is 352 g/mol. The number of anilines is 2. The first-order valence-corrected chi connectivity index (χ1v) is 9.00. The number of hydrogen-bond acceptors (Lipinski definition) is 3. The van der Waals surface area contributed by atoms with Gasteiger partial charge in [0.2, 0.25) is 11.8 Å². The lowest BCUT2D eigenvalue weighted by molar-refractivity contribution is -0.125. The largest absolute Gasteiger partial charge is 0.489 e. The second kappa shape index (κ2) is 9.37. The van der Waals surface area contributed by atoms with Crippen molar-refractivity contribution in [1.29, 1.82) is 0 Å². The van der Waals surface area contributed by atoms with Gasteiger partial charge in [0, 0.05) is 18.4 Å². The molecule has 0 radical (unpaired) electrons. The molecule has 0 aromatic heterocycles. The van der Waals surface area contributed by atoms with Crippen LogP contribution in [0.1, 0.15) is 12.0 Å². The highest BCUT2D eigenvalue weighted by Crippen LogP contribution is 2.18. The molecular formula is C23H22N2O3. The van der Waals surface area contributed by atoms with Crippen molar-refractivity contribution in [3.05, 3.63) is 90.5 Å². The predicted molar refractivity (Wildman–Crippen MR) is 110 cm³/mol. The Labute approximate surface area is 164 Å². The van der Waals surface area contributed by atoms with Gasteiger partial charge in [-0.05, 0) is 42.0 Å². The van der Waals surface area contributed by atoms with Gasteiger partial charge in [0.25, 0.3) is 0 Å². The Bertz CT molecular complexity index is 910. The minimum absolute atomic E-state index is 0.225. The maximum absolute atomic E-state index is 12.3. The van der Waals surface area contributed by atoms with Crippen molar-refractivity contribution in [2.75, 3.05) is 17.3 Å². The van der Waals surface area contributed by atoms with Crippen molar-refractivity contribution in [3.63, 3.8) is 0 Å². The molecule has 0 spiro atoms. The molecule has 0 atom stereocenters. The molecule has 0 aliphatic carbocycles. The van der Waals surface area contributed by atoms with Crippen molar-refractivity contribution in [3.8, 4) is 5.75 Å². The fourth-order valence-corrected chi connectivity index (χ4v) is 2.63. The quantitative estimate of drug-likeness (QED) is 0.629. The Morgan fingerprint density at radius 2 is 1.46 bits per heavy atom. The van der Waals surface area contributed by atoms with E-state index in [9.17, 15) is 9.59 Å². The van der Waals surface area contributed by atoms with Crippen LogP contribution in [0.5, 0.6) is 5.75 Å². The van der Waals surface area contributed by atoms with Crippen LogP contribution in [0.25, 0.3) is 0 Å². The first-order valence-electron chi connectivity index (χ1n) is 9.00. The minimum Gasteiger partial charge on any atom is -0.489 e. The number of nitrogens with zero attached hydrogens (tertiary/aromatic N) is 1. The highest BCUT2D eigenvalue weighted by Gasteiger charge is 2.15. The third kappa shape index (κ3) is 5.45. The number of rotatable bonds is 7. The SMILES string of the molecule is CN(C(=O)CC(=O)Nc1ccc(OCc2ccccc2)cc1)c1ccccc1. The number of nitrogens with one attached hydrogen (secondary N) is 1. The highest BCUT2D eigenvalue weighted by atomic mass is 16.5. The summed E-state index contributed by atoms with van der Waals surface area (Å²) >= 11 is 0. The van der Waals surface area contributed by atoms with Crippen molar-refractivity contribution < 1.29 is 14.3 Å². The predicted octanol–water partition coefficient (Wildman–Crippen LogP) is 4.26. The van der Waals surface area contributed by atoms with Gasteiger partial charge in [-0.15, -0.1) is 0 Å². The lowest BCUT2D eigenvalue weighted by atomic mass is 10.2. The van der Waals surface area contributed by atoms with E-state index < -0.39 is 0 Å². The normalized spacial score (nSPS) is 10.2. The smallest absolute Gasteiger partial charge is 0.236 e. The Hall–Kier alpha value is -3.60. The average molecular weight is 374 g/mol. The van der Waals surface area contributed by atoms with Crippen LogP contribution in [0.4, 0.5) is 11.4 Å². The van der Waals surface area contributed by atoms with Gasteiger partial charge in [0.15, 0.2) is 0 Å². The van der Waals surface area contributed by atoms with E-state index in [0.717, 1.165) is 11.3 Å². The minimum atomic E-state index is -0.356. The summed E-state index contributed by atoms with van der Waals surface area (Å²) < 4.78 is 5.72. The molecule has 5 heteroatoms. The molecule has 0 saturated heterocycles. The summed E-state index contributed by atoms with van der Waals surface area (Å²) in [7, 11) is 1.66. The fourth-order valence-electron chi connectivity index (χ4n) is 2.63. The van der Waals surface area contributed by atoms with Crippen LogP contribution in [0.2, 0.25) is 0 Å². The molecule has 2 amide bonds. The Morgan fingerprint density at radius 3 is 2.11 bits per heavy atom. The molecule has 3 aromatic rings.